The van der Waals surface area contributed by atoms with E-state index in [1.54, 1.807) is 13.8 Å². The highest BCUT2D eigenvalue weighted by Crippen LogP contribution is 2.22. The Morgan fingerprint density at radius 3 is 1.48 bits per heavy atom. The summed E-state index contributed by atoms with van der Waals surface area (Å²) in [5, 5.41) is 26.0. The second kappa shape index (κ2) is 12.7. The number of hydrogen-bond donors (Lipinski definition) is 6. The molecule has 0 radical (unpaired) electrons. The molecule has 8 bridgehead atoms. The lowest BCUT2D eigenvalue weighted by Gasteiger charge is -2.03. The highest BCUT2D eigenvalue weighted by molar-refractivity contribution is 5.71. The number of nitrogens with one attached hydrogen (secondary N) is 4. The number of rotatable bonds is 6. The molecule has 1 aliphatic rings. The van der Waals surface area contributed by atoms with Crippen LogP contribution in [0, 0.1) is 27.7 Å². The molecule has 4 aromatic rings. The predicted molar refractivity (Wildman–Crippen MR) is 178 cm³/mol. The number of aliphatic hydroxyl groups excluding tert-OH is 2. The van der Waals surface area contributed by atoms with Crippen LogP contribution in [0.2, 0.25) is 0 Å². The first-order valence-electron chi connectivity index (χ1n) is 15.3. The molecule has 46 heavy (non-hydrogen) atoms. The lowest BCUT2D eigenvalue weighted by atomic mass is 10.0. The van der Waals surface area contributed by atoms with Gasteiger partial charge >= 0.3 is 11.9 Å². The van der Waals surface area contributed by atoms with E-state index in [0.29, 0.717) is 28.6 Å². The lowest BCUT2D eigenvalue weighted by molar-refractivity contribution is -0.141. The molecule has 0 spiro atoms. The molecular weight excluding hydrogens is 584 g/mol. The molecule has 0 amide bonds. The summed E-state index contributed by atoms with van der Waals surface area (Å²) in [6, 6.07) is 0. The van der Waals surface area contributed by atoms with Crippen molar-refractivity contribution in [3.05, 3.63) is 88.0 Å². The molecule has 0 aromatic carbocycles. The topological polar surface area (TPSA) is 156 Å². The first-order valence-corrected chi connectivity index (χ1v) is 15.3. The van der Waals surface area contributed by atoms with Crippen LogP contribution >= 0.6 is 0 Å². The molecule has 0 saturated heterocycles. The zero-order valence-electron chi connectivity index (χ0n) is 27.7. The first-order chi connectivity index (χ1) is 21.8. The predicted octanol–water partition coefficient (Wildman–Crippen LogP) is 1.44. The van der Waals surface area contributed by atoms with Crippen molar-refractivity contribution in [2.24, 2.45) is 0 Å². The summed E-state index contributed by atoms with van der Waals surface area (Å²) >= 11 is 0. The van der Waals surface area contributed by atoms with Crippen LogP contribution in [0.15, 0.2) is 0 Å². The third-order valence-corrected chi connectivity index (χ3v) is 9.03. The highest BCUT2D eigenvalue weighted by atomic mass is 16.5. The van der Waals surface area contributed by atoms with Gasteiger partial charge in [0.2, 0.25) is 0 Å². The maximum Gasteiger partial charge on any atom is 0.305 e. The van der Waals surface area contributed by atoms with Gasteiger partial charge < -0.3 is 39.6 Å². The monoisotopic (exact) mass is 626 g/mol. The average Bonchev–Trinajstić information content (AvgIpc) is 3.67. The Morgan fingerprint density at radius 1 is 0.565 bits per heavy atom. The van der Waals surface area contributed by atoms with Gasteiger partial charge in [0.15, 0.2) is 0 Å². The number of carbonyl (C=O) groups excluding carboxylic acids is 2. The number of fused-ring (bicyclic) bond motifs is 8. The van der Waals surface area contributed by atoms with Gasteiger partial charge in [-0.3, -0.25) is 9.59 Å². The molecule has 0 atom stereocenters. The molecule has 5 rings (SSSR count). The van der Waals surface area contributed by atoms with Gasteiger partial charge in [0.1, 0.15) is 0 Å². The van der Waals surface area contributed by atoms with Crippen molar-refractivity contribution in [2.75, 3.05) is 14.2 Å². The first kappa shape index (κ1) is 32.3. The largest absolute Gasteiger partial charge is 0.512 e. The number of ether oxygens (including phenoxy) is 2. The molecular formula is C36H42N4O6. The zero-order valence-corrected chi connectivity index (χ0v) is 27.7. The van der Waals surface area contributed by atoms with Gasteiger partial charge in [0, 0.05) is 56.8 Å². The van der Waals surface area contributed by atoms with E-state index in [0.717, 1.165) is 72.2 Å². The highest BCUT2D eigenvalue weighted by Gasteiger charge is 2.17. The maximum atomic E-state index is 12.2. The van der Waals surface area contributed by atoms with E-state index in [-0.39, 0.29) is 36.3 Å². The van der Waals surface area contributed by atoms with Crippen LogP contribution in [0.4, 0.5) is 0 Å². The van der Waals surface area contributed by atoms with Crippen LogP contribution in [0.1, 0.15) is 82.8 Å². The van der Waals surface area contributed by atoms with Crippen molar-refractivity contribution in [2.45, 2.75) is 67.2 Å². The third kappa shape index (κ3) is 5.94. The molecule has 5 heterocycles. The number of carbonyl (C=O) groups is 2. The van der Waals surface area contributed by atoms with Crippen LogP contribution in [-0.4, -0.2) is 56.3 Å². The van der Waals surface area contributed by atoms with E-state index in [4.69, 9.17) is 9.47 Å². The minimum atomic E-state index is -0.301. The van der Waals surface area contributed by atoms with Crippen molar-refractivity contribution in [3.8, 4) is 0 Å². The number of methoxy groups -OCH3 is 2. The summed E-state index contributed by atoms with van der Waals surface area (Å²) in [5.41, 5.74) is 8.84. The summed E-state index contributed by atoms with van der Waals surface area (Å²) in [5.74, 6) is -0.243. The van der Waals surface area contributed by atoms with E-state index < -0.39 is 0 Å². The number of esters is 2. The standard InChI is InChI=1S/C36H42N4O6/c1-17-23(9-11-33(43)45-7)29-16-30-24(10-12-34(44)46-8)18(2)26(38-30)14-31-36(22(6)42)20(4)28(40-31)15-32-35(21(5)41)19(3)27(39-32)13-25(17)37-29/h13-16,37-42H,9-12H2,1-8H3. The average molecular weight is 627 g/mol. The van der Waals surface area contributed by atoms with Gasteiger partial charge in [-0.05, 0) is 112 Å². The second-order valence-corrected chi connectivity index (χ2v) is 11.9. The number of aliphatic hydroxyl groups is 2. The van der Waals surface area contributed by atoms with Crippen LogP contribution < -0.4 is 31.8 Å². The molecule has 0 saturated carbocycles. The SMILES string of the molecule is COC(=O)CCc1c2[nH]c(c1C)C=c1[nH]c(c(C)c1=C(C)O)C=c1[nH]c(c(C)c1=C(C)O)C=c1[nH]c(c(CCC(=O)OC)c1C)=C2. The van der Waals surface area contributed by atoms with E-state index in [1.807, 2.05) is 52.0 Å². The van der Waals surface area contributed by atoms with E-state index in [1.165, 1.54) is 14.2 Å². The van der Waals surface area contributed by atoms with E-state index in [9.17, 15) is 19.8 Å². The quantitative estimate of drug-likeness (QED) is 0.157. The van der Waals surface area contributed by atoms with Gasteiger partial charge in [-0.2, -0.15) is 0 Å². The molecule has 4 aromatic heterocycles. The van der Waals surface area contributed by atoms with Gasteiger partial charge in [0.05, 0.1) is 36.4 Å². The Morgan fingerprint density at radius 2 is 1.00 bits per heavy atom. The third-order valence-electron chi connectivity index (χ3n) is 9.03. The fraction of sp³-hybridized carbons (Fsp3) is 0.333. The molecule has 6 N–H and O–H groups in total. The van der Waals surface area contributed by atoms with Crippen LogP contribution in [0.3, 0.4) is 0 Å². The molecule has 0 aliphatic carbocycles. The lowest BCUT2D eigenvalue weighted by Crippen LogP contribution is -2.26. The van der Waals surface area contributed by atoms with Crippen LogP contribution in [0.5, 0.6) is 0 Å². The number of H-pyrrole nitrogens is 4. The number of hydrogen-bond acceptors (Lipinski definition) is 6. The van der Waals surface area contributed by atoms with Gasteiger partial charge in [-0.25, -0.2) is 0 Å². The minimum Gasteiger partial charge on any atom is -0.512 e. The van der Waals surface area contributed by atoms with Crippen molar-refractivity contribution in [3.63, 3.8) is 0 Å². The Hall–Kier alpha value is -5.12. The molecule has 242 valence electrons. The van der Waals surface area contributed by atoms with Gasteiger partial charge in [0.25, 0.3) is 0 Å². The Kier molecular flexibility index (Phi) is 8.92. The molecule has 0 unspecified atom stereocenters. The fourth-order valence-electron chi connectivity index (χ4n) is 6.49. The van der Waals surface area contributed by atoms with Gasteiger partial charge in [-0.15, -0.1) is 0 Å². The summed E-state index contributed by atoms with van der Waals surface area (Å²) in [4.78, 5) is 38.5. The maximum absolute atomic E-state index is 12.2. The van der Waals surface area contributed by atoms with E-state index >= 15 is 0 Å². The summed E-state index contributed by atoms with van der Waals surface area (Å²) < 4.78 is 9.89. The van der Waals surface area contributed by atoms with Crippen molar-refractivity contribution < 1.29 is 29.3 Å². The Bertz CT molecular complexity index is 2250. The van der Waals surface area contributed by atoms with Crippen LogP contribution in [-0.2, 0) is 31.9 Å². The van der Waals surface area contributed by atoms with Crippen LogP contribution in [0.25, 0.3) is 35.8 Å². The Balaban J connectivity index is 1.94. The Labute approximate surface area is 266 Å². The number of aromatic amines is 4. The van der Waals surface area contributed by atoms with Crippen molar-refractivity contribution in [1.82, 2.24) is 19.9 Å². The minimum absolute atomic E-state index is 0.172. The smallest absolute Gasteiger partial charge is 0.305 e. The summed E-state index contributed by atoms with van der Waals surface area (Å²) in [6.45, 7) is 11.3. The van der Waals surface area contributed by atoms with Crippen molar-refractivity contribution >= 4 is 47.8 Å². The summed E-state index contributed by atoms with van der Waals surface area (Å²) in [7, 11) is 2.77. The fourth-order valence-corrected chi connectivity index (χ4v) is 6.49. The van der Waals surface area contributed by atoms with Crippen molar-refractivity contribution in [1.29, 1.82) is 0 Å². The molecule has 10 heteroatoms. The summed E-state index contributed by atoms with van der Waals surface area (Å²) in [6.07, 6.45) is 9.28. The zero-order chi connectivity index (χ0) is 33.4. The van der Waals surface area contributed by atoms with Gasteiger partial charge in [-0.1, -0.05) is 0 Å². The molecule has 10 nitrogen and oxygen atoms in total. The van der Waals surface area contributed by atoms with E-state index in [2.05, 4.69) is 19.9 Å². The molecule has 0 fully saturated rings. The molecule has 1 aliphatic heterocycles. The second-order valence-electron chi connectivity index (χ2n) is 11.9. The normalized spacial score (nSPS) is 13.6. The number of aromatic nitrogens is 4.